The van der Waals surface area contributed by atoms with Crippen molar-refractivity contribution in [3.63, 3.8) is 0 Å². The number of carboxylic acids is 1. The third-order valence-corrected chi connectivity index (χ3v) is 2.63. The second-order valence-electron chi connectivity index (χ2n) is 2.21. The van der Waals surface area contributed by atoms with Crippen LogP contribution in [0.15, 0.2) is 0 Å². The highest BCUT2D eigenvalue weighted by atomic mass is 32.2. The molecule has 1 aliphatic heterocycles. The van der Waals surface area contributed by atoms with E-state index in [9.17, 15) is 9.18 Å². The quantitative estimate of drug-likeness (QED) is 0.636. The molecule has 0 aromatic carbocycles. The number of rotatable bonds is 2. The molecular weight excluding hydrogens is 143 g/mol. The lowest BCUT2D eigenvalue weighted by molar-refractivity contribution is -0.139. The predicted octanol–water partition coefficient (Wildman–Crippen LogP) is 0.916. The van der Waals surface area contributed by atoms with Crippen LogP contribution in [0.25, 0.3) is 0 Å². The Morgan fingerprint density at radius 3 is 2.44 bits per heavy atom. The van der Waals surface area contributed by atoms with E-state index in [1.54, 1.807) is 0 Å². The summed E-state index contributed by atoms with van der Waals surface area (Å²) in [5, 5.41) is 8.16. The van der Waals surface area contributed by atoms with Gasteiger partial charge < -0.3 is 5.11 Å². The van der Waals surface area contributed by atoms with Crippen LogP contribution < -0.4 is 0 Å². The molecule has 0 aromatic rings. The molecule has 0 spiro atoms. The molecular formula is C5H7FO2S. The standard InChI is InChI=1S/C5H7FO2S/c6-5(1-4(7)8)2-9-3-5/h1-3H2,(H,7,8). The Morgan fingerprint density at radius 2 is 2.33 bits per heavy atom. The van der Waals surface area contributed by atoms with E-state index >= 15 is 0 Å². The van der Waals surface area contributed by atoms with Gasteiger partial charge in [0.2, 0.25) is 0 Å². The molecule has 1 aliphatic rings. The topological polar surface area (TPSA) is 37.3 Å². The fraction of sp³-hybridized carbons (Fsp3) is 0.800. The van der Waals surface area contributed by atoms with Crippen molar-refractivity contribution in [2.24, 2.45) is 0 Å². The molecule has 1 rings (SSSR count). The smallest absolute Gasteiger partial charge is 0.306 e. The Kier molecular flexibility index (Phi) is 1.66. The van der Waals surface area contributed by atoms with E-state index in [0.717, 1.165) is 0 Å². The maximum Gasteiger partial charge on any atom is 0.306 e. The van der Waals surface area contributed by atoms with E-state index in [1.807, 2.05) is 0 Å². The van der Waals surface area contributed by atoms with Crippen LogP contribution in [-0.4, -0.2) is 28.3 Å². The number of hydrogen-bond acceptors (Lipinski definition) is 2. The van der Waals surface area contributed by atoms with E-state index in [-0.39, 0.29) is 6.42 Å². The van der Waals surface area contributed by atoms with Gasteiger partial charge in [0.1, 0.15) is 5.67 Å². The zero-order chi connectivity index (χ0) is 6.91. The molecule has 9 heavy (non-hydrogen) atoms. The predicted molar refractivity (Wildman–Crippen MR) is 33.4 cm³/mol. The lowest BCUT2D eigenvalue weighted by atomic mass is 10.1. The average Bonchev–Trinajstić information content (AvgIpc) is 1.60. The number of halogens is 1. The minimum Gasteiger partial charge on any atom is -0.481 e. The molecule has 0 saturated carbocycles. The molecule has 1 saturated heterocycles. The van der Waals surface area contributed by atoms with Crippen LogP contribution in [0.5, 0.6) is 0 Å². The third kappa shape index (κ3) is 1.58. The van der Waals surface area contributed by atoms with Crippen LogP contribution in [0, 0.1) is 0 Å². The molecule has 0 bridgehead atoms. The molecule has 2 nitrogen and oxygen atoms in total. The molecule has 0 radical (unpaired) electrons. The van der Waals surface area contributed by atoms with Crippen molar-refractivity contribution in [2.45, 2.75) is 12.1 Å². The zero-order valence-electron chi connectivity index (χ0n) is 4.76. The summed E-state index contributed by atoms with van der Waals surface area (Å²) >= 11 is 1.45. The fourth-order valence-corrected chi connectivity index (χ4v) is 1.55. The van der Waals surface area contributed by atoms with Gasteiger partial charge in [0.25, 0.3) is 0 Å². The number of hydrogen-bond donors (Lipinski definition) is 1. The van der Waals surface area contributed by atoms with E-state index in [0.29, 0.717) is 11.5 Å². The largest absolute Gasteiger partial charge is 0.481 e. The summed E-state index contributed by atoms with van der Waals surface area (Å²) < 4.78 is 12.8. The van der Waals surface area contributed by atoms with Crippen molar-refractivity contribution in [3.05, 3.63) is 0 Å². The summed E-state index contributed by atoms with van der Waals surface area (Å²) in [6.45, 7) is 0. The summed E-state index contributed by atoms with van der Waals surface area (Å²) in [6.07, 6.45) is -0.333. The summed E-state index contributed by atoms with van der Waals surface area (Å²) in [5.74, 6) is -0.351. The molecule has 0 amide bonds. The summed E-state index contributed by atoms with van der Waals surface area (Å²) in [5.41, 5.74) is -1.39. The molecule has 52 valence electrons. The first-order valence-corrected chi connectivity index (χ1v) is 3.76. The Hall–Kier alpha value is -0.250. The maximum absolute atomic E-state index is 12.8. The van der Waals surface area contributed by atoms with Gasteiger partial charge in [-0.1, -0.05) is 0 Å². The highest BCUT2D eigenvalue weighted by molar-refractivity contribution is 8.00. The van der Waals surface area contributed by atoms with Crippen molar-refractivity contribution < 1.29 is 14.3 Å². The van der Waals surface area contributed by atoms with E-state index in [4.69, 9.17) is 5.11 Å². The first-order valence-electron chi connectivity index (χ1n) is 2.61. The van der Waals surface area contributed by atoms with Crippen molar-refractivity contribution in [3.8, 4) is 0 Å². The fourth-order valence-electron chi connectivity index (χ4n) is 0.697. The third-order valence-electron chi connectivity index (χ3n) is 1.19. The van der Waals surface area contributed by atoms with E-state index in [2.05, 4.69) is 0 Å². The van der Waals surface area contributed by atoms with Crippen molar-refractivity contribution >= 4 is 17.7 Å². The van der Waals surface area contributed by atoms with Crippen molar-refractivity contribution in [2.75, 3.05) is 11.5 Å². The summed E-state index contributed by atoms with van der Waals surface area (Å²) in [4.78, 5) is 9.96. The maximum atomic E-state index is 12.8. The molecule has 0 aliphatic carbocycles. The monoisotopic (exact) mass is 150 g/mol. The second kappa shape index (κ2) is 2.17. The summed E-state index contributed by atoms with van der Waals surface area (Å²) in [7, 11) is 0. The van der Waals surface area contributed by atoms with Crippen LogP contribution in [0.2, 0.25) is 0 Å². The van der Waals surface area contributed by atoms with E-state index < -0.39 is 11.6 Å². The van der Waals surface area contributed by atoms with Gasteiger partial charge in [-0.2, -0.15) is 11.8 Å². The molecule has 1 N–H and O–H groups in total. The van der Waals surface area contributed by atoms with Gasteiger partial charge in [-0.05, 0) is 0 Å². The van der Waals surface area contributed by atoms with Crippen LogP contribution in [-0.2, 0) is 4.79 Å². The highest BCUT2D eigenvalue weighted by Crippen LogP contribution is 2.35. The summed E-state index contributed by atoms with van der Waals surface area (Å²) in [6, 6.07) is 0. The molecule has 0 atom stereocenters. The normalized spacial score (nSPS) is 22.8. The van der Waals surface area contributed by atoms with Gasteiger partial charge in [0.15, 0.2) is 0 Å². The lowest BCUT2D eigenvalue weighted by Crippen LogP contribution is -2.40. The van der Waals surface area contributed by atoms with Crippen LogP contribution in [0.3, 0.4) is 0 Å². The molecule has 4 heteroatoms. The van der Waals surface area contributed by atoms with Crippen molar-refractivity contribution in [1.29, 1.82) is 0 Å². The Balaban J connectivity index is 2.33. The Labute approximate surface area is 56.4 Å². The number of carbonyl (C=O) groups is 1. The number of alkyl halides is 1. The number of thioether (sulfide) groups is 1. The molecule has 1 heterocycles. The molecule has 0 aromatic heterocycles. The highest BCUT2D eigenvalue weighted by Gasteiger charge is 2.39. The minimum atomic E-state index is -1.39. The van der Waals surface area contributed by atoms with Gasteiger partial charge in [-0.15, -0.1) is 0 Å². The van der Waals surface area contributed by atoms with Gasteiger partial charge in [0, 0.05) is 11.5 Å². The SMILES string of the molecule is O=C(O)CC1(F)CSC1. The number of carboxylic acid groups (broad SMARTS) is 1. The van der Waals surface area contributed by atoms with Gasteiger partial charge >= 0.3 is 5.97 Å². The first-order chi connectivity index (χ1) is 4.12. The van der Waals surface area contributed by atoms with Crippen LogP contribution >= 0.6 is 11.8 Å². The number of aliphatic carboxylic acids is 1. The van der Waals surface area contributed by atoms with Gasteiger partial charge in [-0.3, -0.25) is 4.79 Å². The van der Waals surface area contributed by atoms with Gasteiger partial charge in [-0.25, -0.2) is 4.39 Å². The lowest BCUT2D eigenvalue weighted by Gasteiger charge is -2.31. The van der Waals surface area contributed by atoms with E-state index in [1.165, 1.54) is 11.8 Å². The average molecular weight is 150 g/mol. The Morgan fingerprint density at radius 1 is 1.78 bits per heavy atom. The van der Waals surface area contributed by atoms with Crippen molar-refractivity contribution in [1.82, 2.24) is 0 Å². The van der Waals surface area contributed by atoms with Crippen LogP contribution in [0.4, 0.5) is 4.39 Å². The molecule has 1 fully saturated rings. The van der Waals surface area contributed by atoms with Crippen LogP contribution in [0.1, 0.15) is 6.42 Å². The minimum absolute atomic E-state index is 0.333. The Bertz CT molecular complexity index is 133. The van der Waals surface area contributed by atoms with Gasteiger partial charge in [0.05, 0.1) is 6.42 Å². The second-order valence-corrected chi connectivity index (χ2v) is 3.20. The molecule has 0 unspecified atom stereocenters. The first kappa shape index (κ1) is 6.86. The zero-order valence-corrected chi connectivity index (χ0v) is 5.58.